The van der Waals surface area contributed by atoms with Crippen molar-refractivity contribution in [1.29, 1.82) is 0 Å². The third-order valence-electron chi connectivity index (χ3n) is 4.98. The Morgan fingerprint density at radius 3 is 1.74 bits per heavy atom. The Kier molecular flexibility index (Phi) is 10.9. The van der Waals surface area contributed by atoms with Crippen LogP contribution in [0, 0.1) is 24.0 Å². The minimum Gasteiger partial charge on any atom is -0.398 e. The van der Waals surface area contributed by atoms with Crippen LogP contribution in [0.2, 0.25) is 10.0 Å². The molecule has 2 heterocycles. The molecule has 0 spiro atoms. The molecule has 0 unspecified atom stereocenters. The quantitative estimate of drug-likeness (QED) is 0.133. The van der Waals surface area contributed by atoms with Gasteiger partial charge in [-0.05, 0) is 61.9 Å². The Hall–Kier alpha value is -4.54. The number of carbonyl (C=O) groups excluding carboxylic acids is 2. The number of carbonyl (C=O) groups is 2. The van der Waals surface area contributed by atoms with Crippen LogP contribution in [0.5, 0.6) is 0 Å². The van der Waals surface area contributed by atoms with Gasteiger partial charge in [0.15, 0.2) is 0 Å². The van der Waals surface area contributed by atoms with E-state index in [4.69, 9.17) is 28.9 Å². The zero-order valence-electron chi connectivity index (χ0n) is 20.2. The molecule has 204 valence electrons. The van der Waals surface area contributed by atoms with Crippen molar-refractivity contribution < 1.29 is 15.9 Å². The average Bonchev–Trinajstić information content (AvgIpc) is 2.88. The maximum Gasteiger partial charge on any atom is 0.282 e. The fourth-order valence-corrected chi connectivity index (χ4v) is 3.35. The number of amides is 2. The highest BCUT2D eigenvalue weighted by Crippen LogP contribution is 2.21. The number of nitrogen functional groups attached to an aromatic ring is 1. The van der Waals surface area contributed by atoms with E-state index in [2.05, 4.69) is 20.6 Å². The van der Waals surface area contributed by atoms with Gasteiger partial charge in [0, 0.05) is 25.6 Å². The topological polar surface area (TPSA) is 153 Å². The lowest BCUT2D eigenvalue weighted by molar-refractivity contribution is -0.385. The molecule has 0 fully saturated rings. The lowest BCUT2D eigenvalue weighted by Gasteiger charge is -2.07. The van der Waals surface area contributed by atoms with Crippen LogP contribution in [-0.4, -0.2) is 26.7 Å². The summed E-state index contributed by atoms with van der Waals surface area (Å²) >= 11 is 11.4. The van der Waals surface area contributed by atoms with Crippen LogP contribution >= 0.6 is 23.2 Å². The van der Waals surface area contributed by atoms with E-state index in [0.717, 1.165) is 11.1 Å². The molecule has 4 aromatic rings. The van der Waals surface area contributed by atoms with Crippen LogP contribution in [0.3, 0.4) is 0 Å². The van der Waals surface area contributed by atoms with Crippen molar-refractivity contribution in [1.82, 2.24) is 9.97 Å². The molecule has 2 amide bonds. The predicted molar refractivity (Wildman–Crippen MR) is 157 cm³/mol. The van der Waals surface area contributed by atoms with E-state index in [0.29, 0.717) is 27.1 Å². The summed E-state index contributed by atoms with van der Waals surface area (Å²) in [5.74, 6) is -0.165. The normalized spacial score (nSPS) is 9.85. The first kappa shape index (κ1) is 30.7. The Morgan fingerprint density at radius 2 is 1.28 bits per heavy atom. The summed E-state index contributed by atoms with van der Waals surface area (Å²) in [7, 11) is 0. The summed E-state index contributed by atoms with van der Waals surface area (Å²) in [4.78, 5) is 42.3. The Morgan fingerprint density at radius 1 is 0.821 bits per heavy atom. The van der Waals surface area contributed by atoms with Crippen molar-refractivity contribution in [3.05, 3.63) is 115 Å². The molecule has 0 aliphatic heterocycles. The molecule has 4 N–H and O–H groups in total. The zero-order valence-corrected chi connectivity index (χ0v) is 21.7. The molecule has 10 nitrogen and oxygen atoms in total. The number of nitro benzene ring substituents is 1. The van der Waals surface area contributed by atoms with Gasteiger partial charge in [-0.25, -0.2) is 9.97 Å². The molecular formula is C27H28Cl2N6O4. The van der Waals surface area contributed by atoms with Crippen molar-refractivity contribution >= 4 is 58.0 Å². The molecule has 2 aromatic heterocycles. The average molecular weight is 572 g/mol. The molecule has 0 bridgehead atoms. The van der Waals surface area contributed by atoms with Gasteiger partial charge in [-0.15, -0.1) is 0 Å². The zero-order chi connectivity index (χ0) is 27.8. The first-order valence-electron chi connectivity index (χ1n) is 11.0. The van der Waals surface area contributed by atoms with Gasteiger partial charge in [0.25, 0.3) is 17.5 Å². The molecule has 0 saturated heterocycles. The molecule has 4 rings (SSSR count). The highest BCUT2D eigenvalue weighted by molar-refractivity contribution is 6.30. The molecule has 12 heteroatoms. The third-order valence-corrected chi connectivity index (χ3v) is 5.43. The van der Waals surface area contributed by atoms with Crippen LogP contribution in [-0.2, 0) is 0 Å². The molecule has 2 aromatic carbocycles. The molecule has 0 radical (unpaired) electrons. The van der Waals surface area contributed by atoms with Crippen molar-refractivity contribution in [2.75, 3.05) is 16.4 Å². The molecular weight excluding hydrogens is 543 g/mol. The summed E-state index contributed by atoms with van der Waals surface area (Å²) in [6.45, 7) is 3.65. The summed E-state index contributed by atoms with van der Waals surface area (Å²) in [6.07, 6.45) is 2.85. The number of aryl methyl sites for hydroxylation is 2. The fourth-order valence-electron chi connectivity index (χ4n) is 3.12. The van der Waals surface area contributed by atoms with E-state index in [1.165, 1.54) is 30.6 Å². The number of hydrogen-bond acceptors (Lipinski definition) is 7. The lowest BCUT2D eigenvalue weighted by Crippen LogP contribution is -2.15. The standard InChI is InChI=1S/C13H10ClN3O3.C13H12ClN3O.CH4.H2/c1-8-2-4-11(17(19)20)10(6-8)13(18)16-12-5-3-9(14)7-15-12;1-8-2-4-11(15)10(6-8)13(18)17-12-5-3-9(14)7-16-12;;/h2-7H,1H3,(H,15,16,18);2-7H,15H2,1H3,(H,16,17,18);1H4;1H/i;;;1+1. The van der Waals surface area contributed by atoms with Crippen LogP contribution in [0.15, 0.2) is 73.1 Å². The monoisotopic (exact) mass is 571 g/mol. The number of nitrogens with zero attached hydrogens (tertiary/aromatic N) is 3. The largest absolute Gasteiger partial charge is 0.398 e. The number of hydrogen-bond donors (Lipinski definition) is 3. The van der Waals surface area contributed by atoms with Gasteiger partial charge in [-0.3, -0.25) is 19.7 Å². The first-order valence-corrected chi connectivity index (χ1v) is 11.8. The number of nitro groups is 1. The smallest absolute Gasteiger partial charge is 0.282 e. The van der Waals surface area contributed by atoms with E-state index in [1.807, 2.05) is 13.0 Å². The van der Waals surface area contributed by atoms with E-state index in [1.54, 1.807) is 43.3 Å². The minimum absolute atomic E-state index is 0. The maximum absolute atomic E-state index is 12.1. The number of halogens is 2. The number of benzene rings is 2. The van der Waals surface area contributed by atoms with Crippen LogP contribution in [0.4, 0.5) is 23.0 Å². The van der Waals surface area contributed by atoms with Crippen LogP contribution < -0.4 is 16.4 Å². The van der Waals surface area contributed by atoms with Gasteiger partial charge in [-0.1, -0.05) is 48.3 Å². The molecule has 39 heavy (non-hydrogen) atoms. The SMILES string of the molecule is C.Cc1ccc(N)c(C(=O)Nc2ccc(Cl)cn2)c1.Cc1ccc([N+](=O)[O-])c(C(=O)Nc2ccc(Cl)cn2)c1.[2HH]. The number of anilines is 3. The first-order chi connectivity index (χ1) is 18.0. The van der Waals surface area contributed by atoms with Gasteiger partial charge in [0.1, 0.15) is 17.2 Å². The van der Waals surface area contributed by atoms with Crippen molar-refractivity contribution in [2.24, 2.45) is 0 Å². The van der Waals surface area contributed by atoms with Gasteiger partial charge in [-0.2, -0.15) is 0 Å². The predicted octanol–water partition coefficient (Wildman–Crippen LogP) is 6.96. The van der Waals surface area contributed by atoms with Crippen molar-refractivity contribution in [2.45, 2.75) is 21.3 Å². The van der Waals surface area contributed by atoms with Crippen molar-refractivity contribution in [3.8, 4) is 0 Å². The van der Waals surface area contributed by atoms with Crippen LogP contribution in [0.25, 0.3) is 0 Å². The molecule has 0 saturated carbocycles. The van der Waals surface area contributed by atoms with Gasteiger partial charge < -0.3 is 16.4 Å². The van der Waals surface area contributed by atoms with E-state index < -0.39 is 10.8 Å². The highest BCUT2D eigenvalue weighted by Gasteiger charge is 2.20. The number of nitrogens with two attached hydrogens (primary N) is 1. The molecule has 0 aliphatic carbocycles. The van der Waals surface area contributed by atoms with E-state index >= 15 is 0 Å². The maximum atomic E-state index is 12.1. The number of nitrogens with one attached hydrogen (secondary N) is 2. The second-order valence-electron chi connectivity index (χ2n) is 8.00. The Bertz CT molecular complexity index is 1490. The van der Waals surface area contributed by atoms with Gasteiger partial charge in [0.05, 0.1) is 20.5 Å². The lowest BCUT2D eigenvalue weighted by atomic mass is 10.1. The van der Waals surface area contributed by atoms with E-state index in [9.17, 15) is 19.7 Å². The Labute approximate surface area is 236 Å². The number of rotatable bonds is 5. The fraction of sp³-hybridized carbons (Fsp3) is 0.111. The summed E-state index contributed by atoms with van der Waals surface area (Å²) in [6, 6.07) is 16.0. The van der Waals surface area contributed by atoms with Gasteiger partial charge in [0.2, 0.25) is 0 Å². The Balaban J connectivity index is 0.000000383. The van der Waals surface area contributed by atoms with Crippen LogP contribution in [0.1, 0.15) is 40.7 Å². The van der Waals surface area contributed by atoms with Gasteiger partial charge >= 0.3 is 0 Å². The summed E-state index contributed by atoms with van der Waals surface area (Å²) in [5.41, 5.74) is 8.11. The molecule has 0 aliphatic rings. The second kappa shape index (κ2) is 13.8. The van der Waals surface area contributed by atoms with E-state index in [-0.39, 0.29) is 31.8 Å². The number of aromatic nitrogens is 2. The highest BCUT2D eigenvalue weighted by atomic mass is 35.5. The number of pyridine rings is 2. The van der Waals surface area contributed by atoms with Crippen molar-refractivity contribution in [3.63, 3.8) is 0 Å². The third kappa shape index (κ3) is 8.77. The minimum atomic E-state index is -0.594. The second-order valence-corrected chi connectivity index (χ2v) is 8.87. The summed E-state index contributed by atoms with van der Waals surface area (Å²) in [5, 5.41) is 17.0. The summed E-state index contributed by atoms with van der Waals surface area (Å²) < 4.78 is 0. The molecule has 0 atom stereocenters.